The van der Waals surface area contributed by atoms with Gasteiger partial charge in [0, 0.05) is 4.90 Å². The van der Waals surface area contributed by atoms with Gasteiger partial charge in [0.2, 0.25) is 0 Å². The third kappa shape index (κ3) is 2.02. The predicted molar refractivity (Wildman–Crippen MR) is 55.2 cm³/mol. The van der Waals surface area contributed by atoms with Crippen LogP contribution in [-0.4, -0.2) is 0 Å². The van der Waals surface area contributed by atoms with E-state index in [2.05, 4.69) is 24.3 Å². The molecular weight excluding hydrogens is 166 g/mol. The molecule has 0 unspecified atom stereocenters. The fourth-order valence-corrected chi connectivity index (χ4v) is 1.53. The van der Waals surface area contributed by atoms with E-state index >= 15 is 0 Å². The summed E-state index contributed by atoms with van der Waals surface area (Å²) in [6.45, 7) is 0. The highest BCUT2D eigenvalue weighted by molar-refractivity contribution is 7.97. The van der Waals surface area contributed by atoms with Gasteiger partial charge in [0.1, 0.15) is 0 Å². The minimum absolute atomic E-state index is 0. The molecule has 1 aliphatic rings. The van der Waals surface area contributed by atoms with Crippen LogP contribution in [0.1, 0.15) is 31.7 Å². The lowest BCUT2D eigenvalue weighted by molar-refractivity contribution is 1.12. The second-order valence-electron chi connectivity index (χ2n) is 2.96. The van der Waals surface area contributed by atoms with Gasteiger partial charge in [0.25, 0.3) is 0 Å². The molecule has 2 rings (SSSR count). The van der Waals surface area contributed by atoms with Gasteiger partial charge in [0.05, 0.1) is 0 Å². The van der Waals surface area contributed by atoms with Crippen LogP contribution < -0.4 is 5.14 Å². The van der Waals surface area contributed by atoms with Crippen molar-refractivity contribution in [2.45, 2.75) is 31.1 Å². The van der Waals surface area contributed by atoms with Crippen molar-refractivity contribution >= 4 is 11.9 Å². The van der Waals surface area contributed by atoms with Crippen LogP contribution in [-0.2, 0) is 0 Å². The lowest BCUT2D eigenvalue weighted by atomic mass is 10.1. The molecule has 1 nitrogen and oxygen atoms in total. The lowest BCUT2D eigenvalue weighted by Gasteiger charge is -1.98. The zero-order valence-corrected chi connectivity index (χ0v) is 7.10. The number of nitrogens with two attached hydrogens (primary N) is 1. The first-order chi connectivity index (χ1) is 5.40. The molecule has 66 valence electrons. The summed E-state index contributed by atoms with van der Waals surface area (Å²) in [7, 11) is 0. The van der Waals surface area contributed by atoms with E-state index in [1.807, 2.05) is 0 Å². The third-order valence-corrected chi connectivity index (χ3v) is 2.61. The van der Waals surface area contributed by atoms with E-state index in [0.29, 0.717) is 0 Å². The van der Waals surface area contributed by atoms with Gasteiger partial charge >= 0.3 is 0 Å². The van der Waals surface area contributed by atoms with Gasteiger partial charge in [-0.05, 0) is 48.4 Å². The third-order valence-electron chi connectivity index (χ3n) is 2.06. The maximum atomic E-state index is 5.41. The minimum atomic E-state index is 0. The molecule has 1 aliphatic carbocycles. The normalized spacial score (nSPS) is 15.4. The van der Waals surface area contributed by atoms with Crippen molar-refractivity contribution in [1.29, 1.82) is 0 Å². The zero-order chi connectivity index (χ0) is 7.68. The van der Waals surface area contributed by atoms with E-state index in [4.69, 9.17) is 5.14 Å². The molecule has 0 aromatic heterocycles. The fourth-order valence-electron chi connectivity index (χ4n) is 1.24. The van der Waals surface area contributed by atoms with Crippen molar-refractivity contribution in [2.75, 3.05) is 0 Å². The van der Waals surface area contributed by atoms with Crippen LogP contribution >= 0.6 is 11.9 Å². The number of hydrogen-bond donors (Lipinski definition) is 1. The molecule has 0 bridgehead atoms. The fraction of sp³-hybridized carbons (Fsp3) is 0.400. The summed E-state index contributed by atoms with van der Waals surface area (Å²) in [5.74, 6) is 0.854. The van der Waals surface area contributed by atoms with E-state index in [9.17, 15) is 0 Å². The Morgan fingerprint density at radius 2 is 1.75 bits per heavy atom. The Balaban J connectivity index is 0.000000720. The summed E-state index contributed by atoms with van der Waals surface area (Å²) in [6, 6.07) is 8.57. The molecule has 1 fully saturated rings. The van der Waals surface area contributed by atoms with Crippen molar-refractivity contribution in [3.8, 4) is 0 Å². The van der Waals surface area contributed by atoms with Gasteiger partial charge in [0.15, 0.2) is 0 Å². The molecule has 0 atom stereocenters. The quantitative estimate of drug-likeness (QED) is 0.709. The SMILES string of the molecule is C.NSc1ccc(C2CC2)cc1. The predicted octanol–water partition coefficient (Wildman–Crippen LogP) is 3.17. The van der Waals surface area contributed by atoms with E-state index in [-0.39, 0.29) is 7.43 Å². The molecule has 0 radical (unpaired) electrons. The van der Waals surface area contributed by atoms with Crippen LogP contribution in [0.3, 0.4) is 0 Å². The zero-order valence-electron chi connectivity index (χ0n) is 6.29. The Kier molecular flexibility index (Phi) is 3.18. The molecular formula is C10H15NS. The molecule has 0 heterocycles. The monoisotopic (exact) mass is 181 g/mol. The van der Waals surface area contributed by atoms with Gasteiger partial charge in [-0.15, -0.1) is 0 Å². The maximum Gasteiger partial charge on any atom is 0.0226 e. The topological polar surface area (TPSA) is 26.0 Å². The molecule has 2 heteroatoms. The Hall–Kier alpha value is -0.470. The summed E-state index contributed by atoms with van der Waals surface area (Å²) in [5, 5.41) is 5.41. The molecule has 0 saturated heterocycles. The molecule has 0 amide bonds. The number of hydrogen-bond acceptors (Lipinski definition) is 2. The molecule has 1 aromatic rings. The average Bonchev–Trinajstić information content (AvgIpc) is 2.87. The van der Waals surface area contributed by atoms with Crippen LogP contribution in [0.15, 0.2) is 29.2 Å². The van der Waals surface area contributed by atoms with Crippen LogP contribution in [0.2, 0.25) is 0 Å². The highest BCUT2D eigenvalue weighted by Gasteiger charge is 2.22. The second kappa shape index (κ2) is 3.97. The van der Waals surface area contributed by atoms with Crippen molar-refractivity contribution in [2.24, 2.45) is 5.14 Å². The standard InChI is InChI=1S/C9H11NS.CH4/c10-11-9-5-3-8(4-6-9)7-1-2-7;/h3-7H,1-2,10H2;1H4. The highest BCUT2D eigenvalue weighted by atomic mass is 32.2. The van der Waals surface area contributed by atoms with Crippen molar-refractivity contribution in [3.63, 3.8) is 0 Å². The van der Waals surface area contributed by atoms with Gasteiger partial charge in [-0.3, -0.25) is 5.14 Å². The van der Waals surface area contributed by atoms with Crippen LogP contribution in [0.4, 0.5) is 0 Å². The Bertz CT molecular complexity index is 239. The number of benzene rings is 1. The van der Waals surface area contributed by atoms with E-state index in [1.54, 1.807) is 0 Å². The lowest BCUT2D eigenvalue weighted by Crippen LogP contribution is -1.81. The Labute approximate surface area is 78.5 Å². The van der Waals surface area contributed by atoms with Crippen molar-refractivity contribution < 1.29 is 0 Å². The first kappa shape index (κ1) is 9.62. The summed E-state index contributed by atoms with van der Waals surface area (Å²) in [5.41, 5.74) is 1.47. The van der Waals surface area contributed by atoms with Gasteiger partial charge < -0.3 is 0 Å². The van der Waals surface area contributed by atoms with Crippen molar-refractivity contribution in [1.82, 2.24) is 0 Å². The summed E-state index contributed by atoms with van der Waals surface area (Å²) < 4.78 is 0. The largest absolute Gasteiger partial charge is 0.274 e. The van der Waals surface area contributed by atoms with E-state index < -0.39 is 0 Å². The van der Waals surface area contributed by atoms with E-state index in [1.165, 1.54) is 30.4 Å². The average molecular weight is 181 g/mol. The van der Waals surface area contributed by atoms with Gasteiger partial charge in [-0.2, -0.15) is 0 Å². The maximum absolute atomic E-state index is 5.41. The van der Waals surface area contributed by atoms with Crippen LogP contribution in [0.5, 0.6) is 0 Å². The Morgan fingerprint density at radius 1 is 1.17 bits per heavy atom. The first-order valence-corrected chi connectivity index (χ1v) is 4.75. The summed E-state index contributed by atoms with van der Waals surface area (Å²) in [4.78, 5) is 1.15. The van der Waals surface area contributed by atoms with Crippen LogP contribution in [0, 0.1) is 0 Å². The van der Waals surface area contributed by atoms with Gasteiger partial charge in [-0.25, -0.2) is 0 Å². The van der Waals surface area contributed by atoms with Crippen LogP contribution in [0.25, 0.3) is 0 Å². The Morgan fingerprint density at radius 3 is 2.17 bits per heavy atom. The first-order valence-electron chi connectivity index (χ1n) is 3.87. The van der Waals surface area contributed by atoms with Crippen molar-refractivity contribution in [3.05, 3.63) is 29.8 Å². The minimum Gasteiger partial charge on any atom is -0.274 e. The molecule has 0 aliphatic heterocycles. The molecule has 1 aromatic carbocycles. The smallest absolute Gasteiger partial charge is 0.0226 e. The molecule has 1 saturated carbocycles. The molecule has 0 spiro atoms. The summed E-state index contributed by atoms with van der Waals surface area (Å²) >= 11 is 1.31. The highest BCUT2D eigenvalue weighted by Crippen LogP contribution is 2.40. The molecule has 2 N–H and O–H groups in total. The van der Waals surface area contributed by atoms with E-state index in [0.717, 1.165) is 10.8 Å². The van der Waals surface area contributed by atoms with Gasteiger partial charge in [-0.1, -0.05) is 19.6 Å². The molecule has 12 heavy (non-hydrogen) atoms. The second-order valence-corrected chi connectivity index (χ2v) is 3.67. The summed E-state index contributed by atoms with van der Waals surface area (Å²) in [6.07, 6.45) is 2.74. The number of rotatable bonds is 2.